The number of rotatable bonds is 8. The van der Waals surface area contributed by atoms with Crippen molar-refractivity contribution in [3.05, 3.63) is 35.9 Å². The Bertz CT molecular complexity index is 433. The molecular weight excluding hydrogens is 258 g/mol. The van der Waals surface area contributed by atoms with E-state index in [1.54, 1.807) is 0 Å². The first-order chi connectivity index (χ1) is 9.52. The van der Waals surface area contributed by atoms with E-state index in [2.05, 4.69) is 0 Å². The monoisotopic (exact) mass is 279 g/mol. The smallest absolute Gasteiger partial charge is 0.323 e. The zero-order chi connectivity index (χ0) is 15.0. The highest BCUT2D eigenvalue weighted by atomic mass is 16.5. The van der Waals surface area contributed by atoms with Gasteiger partial charge in [-0.15, -0.1) is 0 Å². The molecule has 0 saturated carbocycles. The van der Waals surface area contributed by atoms with Crippen molar-refractivity contribution >= 4 is 11.9 Å². The van der Waals surface area contributed by atoms with Crippen LogP contribution in [-0.2, 0) is 20.9 Å². The van der Waals surface area contributed by atoms with Gasteiger partial charge in [0.05, 0.1) is 6.10 Å². The predicted molar refractivity (Wildman–Crippen MR) is 75.2 cm³/mol. The van der Waals surface area contributed by atoms with E-state index in [1.807, 2.05) is 44.2 Å². The number of carboxylic acid groups (broad SMARTS) is 1. The predicted octanol–water partition coefficient (Wildman–Crippen LogP) is 1.91. The van der Waals surface area contributed by atoms with E-state index in [9.17, 15) is 9.59 Å². The summed E-state index contributed by atoms with van der Waals surface area (Å²) in [5.74, 6) is -1.34. The molecular formula is C15H21NO4. The third-order valence-electron chi connectivity index (χ3n) is 2.96. The van der Waals surface area contributed by atoms with Gasteiger partial charge >= 0.3 is 5.97 Å². The molecule has 1 atom stereocenters. The van der Waals surface area contributed by atoms with Crippen LogP contribution in [0.3, 0.4) is 0 Å². The van der Waals surface area contributed by atoms with Crippen LogP contribution in [0.15, 0.2) is 30.3 Å². The molecule has 5 nitrogen and oxygen atoms in total. The lowest BCUT2D eigenvalue weighted by atomic mass is 10.2. The molecule has 0 aromatic heterocycles. The summed E-state index contributed by atoms with van der Waals surface area (Å²) in [6.45, 7) is 3.71. The van der Waals surface area contributed by atoms with Crippen molar-refractivity contribution in [1.82, 2.24) is 4.90 Å². The number of amides is 1. The summed E-state index contributed by atoms with van der Waals surface area (Å²) in [5.41, 5.74) is 0.894. The second kappa shape index (κ2) is 8.32. The number of aliphatic carboxylic acids is 1. The Labute approximate surface area is 119 Å². The van der Waals surface area contributed by atoms with Crippen LogP contribution in [0.25, 0.3) is 0 Å². The zero-order valence-electron chi connectivity index (χ0n) is 11.9. The maximum atomic E-state index is 12.0. The van der Waals surface area contributed by atoms with Gasteiger partial charge in [0, 0.05) is 6.54 Å². The van der Waals surface area contributed by atoms with E-state index in [4.69, 9.17) is 9.84 Å². The van der Waals surface area contributed by atoms with Gasteiger partial charge in [-0.3, -0.25) is 9.59 Å². The van der Waals surface area contributed by atoms with Crippen LogP contribution in [0.5, 0.6) is 0 Å². The summed E-state index contributed by atoms with van der Waals surface area (Å²) < 4.78 is 5.37. The Balaban J connectivity index is 2.63. The lowest BCUT2D eigenvalue weighted by molar-refractivity contribution is -0.147. The maximum Gasteiger partial charge on any atom is 0.323 e. The molecule has 1 amide bonds. The molecule has 1 aromatic carbocycles. The average Bonchev–Trinajstić information content (AvgIpc) is 2.44. The van der Waals surface area contributed by atoms with Crippen LogP contribution in [0.4, 0.5) is 0 Å². The fourth-order valence-corrected chi connectivity index (χ4v) is 1.62. The minimum atomic E-state index is -1.03. The highest BCUT2D eigenvalue weighted by molar-refractivity contribution is 5.82. The fourth-order valence-electron chi connectivity index (χ4n) is 1.62. The minimum Gasteiger partial charge on any atom is -0.480 e. The SMILES string of the molecule is CCC(C)OCC(=O)N(CC(=O)O)Cc1ccccc1. The van der Waals surface area contributed by atoms with Crippen molar-refractivity contribution in [1.29, 1.82) is 0 Å². The first-order valence-corrected chi connectivity index (χ1v) is 6.68. The summed E-state index contributed by atoms with van der Waals surface area (Å²) in [6.07, 6.45) is 0.799. The molecule has 20 heavy (non-hydrogen) atoms. The van der Waals surface area contributed by atoms with Crippen molar-refractivity contribution in [3.8, 4) is 0 Å². The topological polar surface area (TPSA) is 66.8 Å². The van der Waals surface area contributed by atoms with E-state index < -0.39 is 5.97 Å². The highest BCUT2D eigenvalue weighted by Crippen LogP contribution is 2.06. The molecule has 0 aliphatic carbocycles. The quantitative estimate of drug-likeness (QED) is 0.789. The number of hydrogen-bond acceptors (Lipinski definition) is 3. The molecule has 0 fully saturated rings. The number of carbonyl (C=O) groups excluding carboxylic acids is 1. The molecule has 0 bridgehead atoms. The van der Waals surface area contributed by atoms with Crippen molar-refractivity contribution in [2.45, 2.75) is 32.9 Å². The summed E-state index contributed by atoms with van der Waals surface area (Å²) in [6, 6.07) is 9.30. The average molecular weight is 279 g/mol. The van der Waals surface area contributed by atoms with Gasteiger partial charge in [-0.2, -0.15) is 0 Å². The molecule has 0 spiro atoms. The van der Waals surface area contributed by atoms with Crippen LogP contribution < -0.4 is 0 Å². The normalized spacial score (nSPS) is 11.9. The van der Waals surface area contributed by atoms with Crippen LogP contribution in [0.2, 0.25) is 0 Å². The van der Waals surface area contributed by atoms with E-state index in [-0.39, 0.29) is 31.7 Å². The minimum absolute atomic E-state index is 0.0117. The van der Waals surface area contributed by atoms with E-state index in [1.165, 1.54) is 4.90 Å². The molecule has 0 aliphatic rings. The summed E-state index contributed by atoms with van der Waals surface area (Å²) in [7, 11) is 0. The maximum absolute atomic E-state index is 12.0. The van der Waals surface area contributed by atoms with Gasteiger partial charge in [0.2, 0.25) is 5.91 Å². The number of carbonyl (C=O) groups is 2. The molecule has 5 heteroatoms. The highest BCUT2D eigenvalue weighted by Gasteiger charge is 2.18. The Morgan fingerprint density at radius 2 is 1.95 bits per heavy atom. The Hall–Kier alpha value is -1.88. The van der Waals surface area contributed by atoms with E-state index in [0.717, 1.165) is 12.0 Å². The summed E-state index contributed by atoms with van der Waals surface area (Å²) in [4.78, 5) is 24.2. The zero-order valence-corrected chi connectivity index (χ0v) is 11.9. The third-order valence-corrected chi connectivity index (χ3v) is 2.96. The summed E-state index contributed by atoms with van der Waals surface area (Å²) >= 11 is 0. The Kier molecular flexibility index (Phi) is 6.73. The number of benzene rings is 1. The molecule has 110 valence electrons. The second-order valence-electron chi connectivity index (χ2n) is 4.66. The molecule has 0 radical (unpaired) electrons. The van der Waals surface area contributed by atoms with Gasteiger partial charge in [-0.25, -0.2) is 0 Å². The standard InChI is InChI=1S/C15H21NO4/c1-3-12(2)20-11-14(17)16(10-15(18)19)9-13-7-5-4-6-8-13/h4-8,12H,3,9-11H2,1-2H3,(H,18,19). The number of carboxylic acids is 1. The third kappa shape index (κ3) is 5.84. The van der Waals surface area contributed by atoms with Crippen molar-refractivity contribution in [3.63, 3.8) is 0 Å². The molecule has 1 rings (SSSR count). The first-order valence-electron chi connectivity index (χ1n) is 6.68. The van der Waals surface area contributed by atoms with Crippen LogP contribution in [0, 0.1) is 0 Å². The number of hydrogen-bond donors (Lipinski definition) is 1. The Morgan fingerprint density at radius 1 is 1.30 bits per heavy atom. The molecule has 0 saturated heterocycles. The van der Waals surface area contributed by atoms with Gasteiger partial charge in [-0.1, -0.05) is 37.3 Å². The van der Waals surface area contributed by atoms with E-state index >= 15 is 0 Å². The molecule has 0 heterocycles. The molecule has 0 aliphatic heterocycles. The van der Waals surface area contributed by atoms with Crippen LogP contribution in [-0.4, -0.2) is 41.1 Å². The lowest BCUT2D eigenvalue weighted by Crippen LogP contribution is -2.38. The number of nitrogens with zero attached hydrogens (tertiary/aromatic N) is 1. The largest absolute Gasteiger partial charge is 0.480 e. The molecule has 1 unspecified atom stereocenters. The fraction of sp³-hybridized carbons (Fsp3) is 0.467. The van der Waals surface area contributed by atoms with Gasteiger partial charge < -0.3 is 14.7 Å². The van der Waals surface area contributed by atoms with Crippen LogP contribution in [0.1, 0.15) is 25.8 Å². The van der Waals surface area contributed by atoms with Crippen molar-refractivity contribution < 1.29 is 19.4 Å². The Morgan fingerprint density at radius 3 is 2.50 bits per heavy atom. The van der Waals surface area contributed by atoms with Gasteiger partial charge in [0.25, 0.3) is 0 Å². The van der Waals surface area contributed by atoms with Crippen molar-refractivity contribution in [2.24, 2.45) is 0 Å². The molecule has 1 N–H and O–H groups in total. The second-order valence-corrected chi connectivity index (χ2v) is 4.66. The summed E-state index contributed by atoms with van der Waals surface area (Å²) in [5, 5.41) is 8.90. The van der Waals surface area contributed by atoms with E-state index in [0.29, 0.717) is 0 Å². The number of ether oxygens (including phenoxy) is 1. The lowest BCUT2D eigenvalue weighted by Gasteiger charge is -2.21. The molecule has 1 aromatic rings. The van der Waals surface area contributed by atoms with Gasteiger partial charge in [0.15, 0.2) is 0 Å². The van der Waals surface area contributed by atoms with Gasteiger partial charge in [0.1, 0.15) is 13.2 Å². The van der Waals surface area contributed by atoms with Crippen molar-refractivity contribution in [2.75, 3.05) is 13.2 Å². The van der Waals surface area contributed by atoms with Crippen LogP contribution >= 0.6 is 0 Å². The first kappa shape index (κ1) is 16.2. The van der Waals surface area contributed by atoms with Gasteiger partial charge in [-0.05, 0) is 18.9 Å².